The Balaban J connectivity index is 2.51. The minimum atomic E-state index is -0.0488. The first kappa shape index (κ1) is 13.3. The van der Waals surface area contributed by atoms with Crippen molar-refractivity contribution in [2.45, 2.75) is 13.0 Å². The number of hydrogen-bond donors (Lipinski definition) is 1. The molecule has 0 radical (unpaired) electrons. The normalized spacial score (nSPS) is 12.4. The third kappa shape index (κ3) is 2.51. The molecule has 1 heterocycles. The molecule has 0 saturated heterocycles. The molecule has 1 atom stereocenters. The van der Waals surface area contributed by atoms with Crippen molar-refractivity contribution >= 4 is 22.9 Å². The molecule has 0 fully saturated rings. The maximum Gasteiger partial charge on any atom is 0.125 e. The van der Waals surface area contributed by atoms with Gasteiger partial charge in [0, 0.05) is 21.7 Å². The van der Waals surface area contributed by atoms with E-state index in [1.807, 2.05) is 37.6 Å². The van der Waals surface area contributed by atoms with Crippen LogP contribution in [0.2, 0.25) is 5.02 Å². The third-order valence-electron chi connectivity index (χ3n) is 2.69. The first-order chi connectivity index (χ1) is 8.67. The monoisotopic (exact) mass is 282 g/mol. The summed E-state index contributed by atoms with van der Waals surface area (Å²) in [5.74, 6) is 0.773. The van der Waals surface area contributed by atoms with E-state index in [0.717, 1.165) is 22.0 Å². The van der Waals surface area contributed by atoms with Crippen LogP contribution in [0.25, 0.3) is 0 Å². The van der Waals surface area contributed by atoms with E-state index in [1.54, 1.807) is 18.4 Å². The molecule has 96 valence electrons. The Morgan fingerprint density at radius 2 is 2.22 bits per heavy atom. The van der Waals surface area contributed by atoms with Crippen LogP contribution in [-0.4, -0.2) is 19.1 Å². The topological polar surface area (TPSA) is 34.2 Å². The van der Waals surface area contributed by atoms with Crippen molar-refractivity contribution in [1.82, 2.24) is 10.3 Å². The van der Waals surface area contributed by atoms with Gasteiger partial charge >= 0.3 is 0 Å². The molecule has 2 aromatic rings. The summed E-state index contributed by atoms with van der Waals surface area (Å²) >= 11 is 7.91. The Bertz CT molecular complexity index is 542. The van der Waals surface area contributed by atoms with E-state index in [1.165, 1.54) is 0 Å². The fraction of sp³-hybridized carbons (Fsp3) is 0.308. The van der Waals surface area contributed by atoms with E-state index in [0.29, 0.717) is 5.02 Å². The Morgan fingerprint density at radius 1 is 1.44 bits per heavy atom. The highest BCUT2D eigenvalue weighted by molar-refractivity contribution is 7.09. The van der Waals surface area contributed by atoms with Crippen LogP contribution in [-0.2, 0) is 0 Å². The van der Waals surface area contributed by atoms with Crippen molar-refractivity contribution in [3.63, 3.8) is 0 Å². The van der Waals surface area contributed by atoms with E-state index in [2.05, 4.69) is 10.3 Å². The summed E-state index contributed by atoms with van der Waals surface area (Å²) in [5, 5.41) is 6.95. The molecule has 18 heavy (non-hydrogen) atoms. The standard InChI is InChI=1S/C13H15ClN2OS/c1-8-7-18-13(16-8)12(15-2)11-9(14)5-4-6-10(11)17-3/h4-7,12,15H,1-3H3. The molecule has 1 unspecified atom stereocenters. The molecule has 5 heteroatoms. The zero-order valence-electron chi connectivity index (χ0n) is 10.5. The van der Waals surface area contributed by atoms with Crippen molar-refractivity contribution in [2.24, 2.45) is 0 Å². The molecule has 0 spiro atoms. The maximum absolute atomic E-state index is 6.30. The quantitative estimate of drug-likeness (QED) is 0.933. The van der Waals surface area contributed by atoms with Crippen LogP contribution in [0.4, 0.5) is 0 Å². The lowest BCUT2D eigenvalue weighted by atomic mass is 10.1. The van der Waals surface area contributed by atoms with Crippen LogP contribution in [0.5, 0.6) is 5.75 Å². The van der Waals surface area contributed by atoms with Crippen molar-refractivity contribution in [1.29, 1.82) is 0 Å². The molecular weight excluding hydrogens is 268 g/mol. The first-order valence-corrected chi connectivity index (χ1v) is 6.84. The highest BCUT2D eigenvalue weighted by atomic mass is 35.5. The highest BCUT2D eigenvalue weighted by Gasteiger charge is 2.22. The van der Waals surface area contributed by atoms with Crippen molar-refractivity contribution in [3.05, 3.63) is 44.9 Å². The van der Waals surface area contributed by atoms with Gasteiger partial charge in [0.25, 0.3) is 0 Å². The third-order valence-corrected chi connectivity index (χ3v) is 4.05. The molecule has 0 aliphatic heterocycles. The van der Waals surface area contributed by atoms with Gasteiger partial charge in [0.2, 0.25) is 0 Å². The van der Waals surface area contributed by atoms with Gasteiger partial charge in [-0.25, -0.2) is 4.98 Å². The van der Waals surface area contributed by atoms with Crippen LogP contribution in [0.3, 0.4) is 0 Å². The number of halogens is 1. The largest absolute Gasteiger partial charge is 0.496 e. The zero-order chi connectivity index (χ0) is 13.1. The molecule has 1 N–H and O–H groups in total. The molecule has 0 bridgehead atoms. The second kappa shape index (κ2) is 5.69. The molecule has 0 aliphatic rings. The predicted molar refractivity (Wildman–Crippen MR) is 75.8 cm³/mol. The second-order valence-electron chi connectivity index (χ2n) is 3.90. The summed E-state index contributed by atoms with van der Waals surface area (Å²) in [4.78, 5) is 4.52. The SMILES string of the molecule is CNC(c1nc(C)cs1)c1c(Cl)cccc1OC. The number of nitrogens with one attached hydrogen (secondary N) is 1. The lowest BCUT2D eigenvalue weighted by molar-refractivity contribution is 0.405. The molecule has 0 amide bonds. The summed E-state index contributed by atoms with van der Waals surface area (Å²) in [7, 11) is 3.54. The smallest absolute Gasteiger partial charge is 0.125 e. The number of ether oxygens (including phenoxy) is 1. The molecule has 0 aliphatic carbocycles. The van der Waals surface area contributed by atoms with Gasteiger partial charge in [-0.05, 0) is 26.1 Å². The van der Waals surface area contributed by atoms with Gasteiger partial charge in [0.1, 0.15) is 10.8 Å². The Hall–Kier alpha value is -1.10. The van der Waals surface area contributed by atoms with Gasteiger partial charge in [-0.1, -0.05) is 17.7 Å². The Labute approximate surface area is 116 Å². The van der Waals surface area contributed by atoms with E-state index in [-0.39, 0.29) is 6.04 Å². The fourth-order valence-electron chi connectivity index (χ4n) is 1.87. The van der Waals surface area contributed by atoms with Crippen LogP contribution in [0, 0.1) is 6.92 Å². The van der Waals surface area contributed by atoms with E-state index < -0.39 is 0 Å². The van der Waals surface area contributed by atoms with Gasteiger partial charge in [0.15, 0.2) is 0 Å². The lowest BCUT2D eigenvalue weighted by Gasteiger charge is -2.18. The number of aromatic nitrogens is 1. The molecular formula is C13H15ClN2OS. The molecule has 2 rings (SSSR count). The number of methoxy groups -OCH3 is 1. The van der Waals surface area contributed by atoms with Gasteiger partial charge < -0.3 is 10.1 Å². The first-order valence-electron chi connectivity index (χ1n) is 5.59. The van der Waals surface area contributed by atoms with Crippen LogP contribution in [0.1, 0.15) is 22.3 Å². The highest BCUT2D eigenvalue weighted by Crippen LogP contribution is 2.36. The number of rotatable bonds is 4. The zero-order valence-corrected chi connectivity index (χ0v) is 12.1. The number of hydrogen-bond acceptors (Lipinski definition) is 4. The lowest BCUT2D eigenvalue weighted by Crippen LogP contribution is -2.18. The summed E-state index contributed by atoms with van der Waals surface area (Å²) in [6.45, 7) is 1.98. The minimum Gasteiger partial charge on any atom is -0.496 e. The molecule has 1 aromatic heterocycles. The summed E-state index contributed by atoms with van der Waals surface area (Å²) in [5.41, 5.74) is 1.94. The van der Waals surface area contributed by atoms with Crippen LogP contribution in [0.15, 0.2) is 23.6 Å². The Kier molecular flexibility index (Phi) is 4.22. The van der Waals surface area contributed by atoms with Gasteiger partial charge in [-0.3, -0.25) is 0 Å². The van der Waals surface area contributed by atoms with Gasteiger partial charge in [-0.2, -0.15) is 0 Å². The maximum atomic E-state index is 6.30. The number of benzene rings is 1. The van der Waals surface area contributed by atoms with E-state index in [9.17, 15) is 0 Å². The molecule has 0 saturated carbocycles. The Morgan fingerprint density at radius 3 is 2.78 bits per heavy atom. The minimum absolute atomic E-state index is 0.0488. The average molecular weight is 283 g/mol. The van der Waals surface area contributed by atoms with Crippen molar-refractivity contribution in [2.75, 3.05) is 14.2 Å². The second-order valence-corrected chi connectivity index (χ2v) is 5.20. The number of aryl methyl sites for hydroxylation is 1. The van der Waals surface area contributed by atoms with Crippen LogP contribution >= 0.6 is 22.9 Å². The van der Waals surface area contributed by atoms with Gasteiger partial charge in [-0.15, -0.1) is 11.3 Å². The summed E-state index contributed by atoms with van der Waals surface area (Å²) in [6, 6.07) is 5.60. The number of thiazole rings is 1. The predicted octanol–water partition coefficient (Wildman–Crippen LogP) is 3.42. The fourth-order valence-corrected chi connectivity index (χ4v) is 3.06. The van der Waals surface area contributed by atoms with Crippen molar-refractivity contribution in [3.8, 4) is 5.75 Å². The molecule has 1 aromatic carbocycles. The van der Waals surface area contributed by atoms with Crippen LogP contribution < -0.4 is 10.1 Å². The summed E-state index contributed by atoms with van der Waals surface area (Å²) in [6.07, 6.45) is 0. The van der Waals surface area contributed by atoms with E-state index in [4.69, 9.17) is 16.3 Å². The van der Waals surface area contributed by atoms with Gasteiger partial charge in [0.05, 0.1) is 13.2 Å². The van der Waals surface area contributed by atoms with E-state index >= 15 is 0 Å². The molecule has 3 nitrogen and oxygen atoms in total. The summed E-state index contributed by atoms with van der Waals surface area (Å²) < 4.78 is 5.39. The average Bonchev–Trinajstić information content (AvgIpc) is 2.78. The van der Waals surface area contributed by atoms with Crippen molar-refractivity contribution < 1.29 is 4.74 Å². The number of nitrogens with zero attached hydrogens (tertiary/aromatic N) is 1.